The monoisotopic (exact) mass is 320 g/mol. The molecule has 0 aliphatic rings. The first-order valence-electron chi connectivity index (χ1n) is 8.26. The quantitative estimate of drug-likeness (QED) is 0.474. The van der Waals surface area contributed by atoms with Crippen LogP contribution >= 0.6 is 0 Å². The summed E-state index contributed by atoms with van der Waals surface area (Å²) in [7, 11) is 0. The van der Waals surface area contributed by atoms with E-state index in [1.807, 2.05) is 36.4 Å². The molecule has 0 spiro atoms. The highest BCUT2D eigenvalue weighted by molar-refractivity contribution is 5.32. The van der Waals surface area contributed by atoms with Gasteiger partial charge in [0.1, 0.15) is 11.1 Å². The Kier molecular flexibility index (Phi) is 7.50. The molecule has 4 heteroatoms. The van der Waals surface area contributed by atoms with Crippen LogP contribution in [0.5, 0.6) is 0 Å². The van der Waals surface area contributed by atoms with Crippen molar-refractivity contribution in [2.75, 3.05) is 13.1 Å². The highest BCUT2D eigenvalue weighted by Gasteiger charge is 1.98. The van der Waals surface area contributed by atoms with Crippen LogP contribution in [-0.4, -0.2) is 13.1 Å². The van der Waals surface area contributed by atoms with E-state index < -0.39 is 0 Å². The maximum Gasteiger partial charge on any atom is 0.308 e. The van der Waals surface area contributed by atoms with Crippen molar-refractivity contribution in [2.24, 2.45) is 0 Å². The third-order valence-electron chi connectivity index (χ3n) is 3.76. The standard InChI is InChI=1S/C20H22N4/c21-13-17-5-3-7-19(11-17)15-23-9-1-2-10-24-16-20-8-4-6-18(12-20)14-22/h3-8,11-12,23-24H,1-2,9-10,15-16H2/p+2. The lowest BCUT2D eigenvalue weighted by atomic mass is 10.1. The molecule has 0 bridgehead atoms. The third-order valence-corrected chi connectivity index (χ3v) is 3.76. The molecule has 2 rings (SSSR count). The average molecular weight is 320 g/mol. The Balaban J connectivity index is 1.54. The Hall–Kier alpha value is -2.66. The molecule has 0 saturated carbocycles. The Morgan fingerprint density at radius 1 is 0.708 bits per heavy atom. The van der Waals surface area contributed by atoms with Crippen molar-refractivity contribution in [2.45, 2.75) is 25.9 Å². The van der Waals surface area contributed by atoms with Gasteiger partial charge in [-0.2, -0.15) is 0 Å². The molecule has 0 heterocycles. The van der Waals surface area contributed by atoms with Gasteiger partial charge in [-0.1, -0.05) is 34.8 Å². The van der Waals surface area contributed by atoms with Crippen LogP contribution in [0.15, 0.2) is 48.5 Å². The zero-order chi connectivity index (χ0) is 17.0. The zero-order valence-corrected chi connectivity index (χ0v) is 13.9. The van der Waals surface area contributed by atoms with Gasteiger partial charge in [0.2, 0.25) is 0 Å². The predicted molar refractivity (Wildman–Crippen MR) is 93.4 cm³/mol. The summed E-state index contributed by atoms with van der Waals surface area (Å²) in [6.07, 6.45) is 2.25. The molecule has 4 N–H and O–H groups in total. The van der Waals surface area contributed by atoms with Crippen LogP contribution < -0.4 is 21.2 Å². The summed E-state index contributed by atoms with van der Waals surface area (Å²) in [6, 6.07) is 20.6. The van der Waals surface area contributed by atoms with E-state index >= 15 is 0 Å². The number of nitrogens with one attached hydrogen (secondary N) is 4. The smallest absolute Gasteiger partial charge is 0.308 e. The van der Waals surface area contributed by atoms with Crippen molar-refractivity contribution in [1.29, 1.82) is 0 Å². The summed E-state index contributed by atoms with van der Waals surface area (Å²) in [5.74, 6) is 0. The molecule has 0 unspecified atom stereocenters. The maximum atomic E-state index is 7.14. The van der Waals surface area contributed by atoms with Crippen molar-refractivity contribution in [1.82, 2.24) is 10.6 Å². The minimum absolute atomic E-state index is 0.822. The summed E-state index contributed by atoms with van der Waals surface area (Å²) in [4.78, 5) is 0. The second-order valence-electron chi connectivity index (χ2n) is 5.71. The fourth-order valence-corrected chi connectivity index (χ4v) is 2.48. The van der Waals surface area contributed by atoms with Crippen LogP contribution in [0.2, 0.25) is 0 Å². The van der Waals surface area contributed by atoms with Crippen molar-refractivity contribution in [3.05, 3.63) is 70.8 Å². The summed E-state index contributed by atoms with van der Waals surface area (Å²) < 4.78 is 0. The molecular weight excluding hydrogens is 296 g/mol. The summed E-state index contributed by atoms with van der Waals surface area (Å²) in [5.41, 5.74) is 4.02. The lowest BCUT2D eigenvalue weighted by Crippen LogP contribution is -2.19. The molecule has 0 aliphatic carbocycles. The molecule has 0 aliphatic heterocycles. The number of benzene rings is 2. The fourth-order valence-electron chi connectivity index (χ4n) is 2.48. The van der Waals surface area contributed by atoms with Gasteiger partial charge in [0.25, 0.3) is 0 Å². The minimum Gasteiger partial charge on any atom is -0.313 e. The molecule has 0 radical (unpaired) electrons. The molecule has 24 heavy (non-hydrogen) atoms. The first-order chi connectivity index (χ1) is 11.8. The molecule has 4 nitrogen and oxygen atoms in total. The van der Waals surface area contributed by atoms with Crippen molar-refractivity contribution in [3.63, 3.8) is 0 Å². The number of hydrogen-bond donors (Lipinski definition) is 4. The van der Waals surface area contributed by atoms with Crippen molar-refractivity contribution in [3.8, 4) is 12.1 Å². The van der Waals surface area contributed by atoms with Gasteiger partial charge in [0.15, 0.2) is 0 Å². The van der Waals surface area contributed by atoms with Crippen molar-refractivity contribution >= 4 is 0 Å². The van der Waals surface area contributed by atoms with E-state index in [2.05, 4.69) is 34.9 Å². The van der Waals surface area contributed by atoms with Crippen LogP contribution in [0.4, 0.5) is 0 Å². The molecule has 0 amide bonds. The van der Waals surface area contributed by atoms with Gasteiger partial charge in [-0.25, -0.2) is 0 Å². The Morgan fingerprint density at radius 2 is 1.17 bits per heavy atom. The normalized spacial score (nSPS) is 10.1. The molecule has 2 aromatic rings. The first-order valence-corrected chi connectivity index (χ1v) is 8.26. The molecule has 0 aromatic heterocycles. The van der Waals surface area contributed by atoms with Crippen LogP contribution in [0.3, 0.4) is 0 Å². The minimum atomic E-state index is 0.822. The van der Waals surface area contributed by atoms with Gasteiger partial charge in [0, 0.05) is 13.1 Å². The van der Waals surface area contributed by atoms with Crippen LogP contribution in [-0.2, 0) is 13.1 Å². The largest absolute Gasteiger partial charge is 0.313 e. The average Bonchev–Trinajstić information content (AvgIpc) is 2.64. The summed E-state index contributed by atoms with van der Waals surface area (Å²) in [5, 5.41) is 21.1. The topological polar surface area (TPSA) is 71.7 Å². The molecule has 0 atom stereocenters. The van der Waals surface area contributed by atoms with Crippen LogP contribution in [0.25, 0.3) is 0 Å². The van der Waals surface area contributed by atoms with E-state index in [1.165, 1.54) is 11.1 Å². The molecule has 122 valence electrons. The summed E-state index contributed by atoms with van der Waals surface area (Å²) >= 11 is 0. The van der Waals surface area contributed by atoms with E-state index in [0.717, 1.165) is 50.1 Å². The van der Waals surface area contributed by atoms with Gasteiger partial charge in [-0.3, -0.25) is 0 Å². The Labute approximate surface area is 143 Å². The van der Waals surface area contributed by atoms with Crippen molar-refractivity contribution < 1.29 is 10.5 Å². The molecule has 0 fully saturated rings. The van der Waals surface area contributed by atoms with E-state index in [4.69, 9.17) is 10.5 Å². The first kappa shape index (κ1) is 17.7. The lowest BCUT2D eigenvalue weighted by Gasteiger charge is -2.07. The molecule has 0 saturated heterocycles. The third kappa shape index (κ3) is 6.22. The Morgan fingerprint density at radius 3 is 1.58 bits per heavy atom. The highest BCUT2D eigenvalue weighted by Crippen LogP contribution is 2.04. The van der Waals surface area contributed by atoms with E-state index in [0.29, 0.717) is 0 Å². The fraction of sp³-hybridized carbons (Fsp3) is 0.300. The molecule has 2 aromatic carbocycles. The number of hydrogen-bond acceptors (Lipinski definition) is 2. The SMILES string of the molecule is [NH+]#Cc1cccc(CNCCCCNCc2cccc(C#[NH+])c2)c1. The maximum absolute atomic E-state index is 7.14. The van der Waals surface area contributed by atoms with E-state index in [1.54, 1.807) is 0 Å². The highest BCUT2D eigenvalue weighted by atomic mass is 14.9. The Bertz CT molecular complexity index is 661. The van der Waals surface area contributed by atoms with Gasteiger partial charge in [-0.15, -0.1) is 0 Å². The molecular formula is C20H24N4+2. The van der Waals surface area contributed by atoms with Gasteiger partial charge in [0.05, 0.1) is 0 Å². The summed E-state index contributed by atoms with van der Waals surface area (Å²) in [6.45, 7) is 3.63. The van der Waals surface area contributed by atoms with E-state index in [-0.39, 0.29) is 0 Å². The van der Waals surface area contributed by atoms with Gasteiger partial charge >= 0.3 is 12.1 Å². The number of unbranched alkanes of at least 4 members (excludes halogenated alkanes) is 1. The second-order valence-corrected chi connectivity index (χ2v) is 5.71. The zero-order valence-electron chi connectivity index (χ0n) is 13.9. The van der Waals surface area contributed by atoms with Crippen LogP contribution in [0, 0.1) is 12.1 Å². The van der Waals surface area contributed by atoms with E-state index in [9.17, 15) is 0 Å². The predicted octanol–water partition coefficient (Wildman–Crippen LogP) is -0.412. The lowest BCUT2D eigenvalue weighted by molar-refractivity contribution is -0.0916. The van der Waals surface area contributed by atoms with Gasteiger partial charge < -0.3 is 10.6 Å². The van der Waals surface area contributed by atoms with Gasteiger partial charge in [-0.05, 0) is 61.3 Å². The number of rotatable bonds is 9. The van der Waals surface area contributed by atoms with Crippen LogP contribution in [0.1, 0.15) is 35.1 Å². The second kappa shape index (κ2) is 10.2.